The van der Waals surface area contributed by atoms with Crippen molar-refractivity contribution in [2.45, 2.75) is 0 Å². The molecule has 2 heterocycles. The Morgan fingerprint density at radius 3 is 2.78 bits per heavy atom. The summed E-state index contributed by atoms with van der Waals surface area (Å²) >= 11 is 0. The van der Waals surface area contributed by atoms with Crippen LogP contribution in [-0.2, 0) is 9.53 Å². The van der Waals surface area contributed by atoms with Gasteiger partial charge in [-0.05, 0) is 12.1 Å². The monoisotopic (exact) mass is 239 g/mol. The Hall–Kier alpha value is -2.69. The Balaban J connectivity index is 1.95. The average molecular weight is 239 g/mol. The lowest BCUT2D eigenvalue weighted by Gasteiger charge is -1.97. The van der Waals surface area contributed by atoms with Crippen molar-refractivity contribution in [3.63, 3.8) is 0 Å². The maximum Gasteiger partial charge on any atom is 0.365 e. The molecule has 0 saturated carbocycles. The van der Waals surface area contributed by atoms with Gasteiger partial charge < -0.3 is 9.30 Å². The Labute approximate surface area is 103 Å². The molecule has 2 aromatic rings. The second-order valence-corrected chi connectivity index (χ2v) is 3.70. The number of carbonyl (C=O) groups is 1. The maximum absolute atomic E-state index is 11.6. The van der Waals surface area contributed by atoms with Crippen LogP contribution >= 0.6 is 0 Å². The third-order valence-electron chi connectivity index (χ3n) is 2.44. The first-order valence-electron chi connectivity index (χ1n) is 5.38. The minimum absolute atomic E-state index is 0.256. The van der Waals surface area contributed by atoms with Crippen LogP contribution in [0.25, 0.3) is 6.20 Å². The molecule has 5 nitrogen and oxygen atoms in total. The van der Waals surface area contributed by atoms with Crippen LogP contribution in [0.4, 0.5) is 0 Å². The number of rotatable bonds is 2. The van der Waals surface area contributed by atoms with Crippen LogP contribution in [0.3, 0.4) is 0 Å². The zero-order valence-electron chi connectivity index (χ0n) is 9.35. The lowest BCUT2D eigenvalue weighted by molar-refractivity contribution is -0.129. The molecule has 1 aromatic carbocycles. The molecule has 0 spiro atoms. The molecular weight excluding hydrogens is 230 g/mol. The minimum atomic E-state index is -0.456. The van der Waals surface area contributed by atoms with E-state index in [2.05, 4.69) is 9.98 Å². The smallest absolute Gasteiger partial charge is 0.365 e. The summed E-state index contributed by atoms with van der Waals surface area (Å²) in [7, 11) is 0. The molecule has 88 valence electrons. The van der Waals surface area contributed by atoms with E-state index in [1.807, 2.05) is 30.3 Å². The van der Waals surface area contributed by atoms with Crippen molar-refractivity contribution in [3.8, 4) is 0 Å². The summed E-state index contributed by atoms with van der Waals surface area (Å²) in [6.07, 6.45) is 6.50. The summed E-state index contributed by atoms with van der Waals surface area (Å²) in [5.74, 6) is -0.130. The molecule has 0 bridgehead atoms. The highest BCUT2D eigenvalue weighted by Crippen LogP contribution is 2.16. The van der Waals surface area contributed by atoms with Gasteiger partial charge in [0.25, 0.3) is 0 Å². The van der Waals surface area contributed by atoms with Crippen molar-refractivity contribution >= 4 is 18.1 Å². The van der Waals surface area contributed by atoms with Gasteiger partial charge in [0, 0.05) is 24.2 Å². The highest BCUT2D eigenvalue weighted by atomic mass is 16.6. The SMILES string of the molecule is O=C1OC(c2ccccc2)=N/C1=C\n1ccnc1. The van der Waals surface area contributed by atoms with Gasteiger partial charge in [-0.1, -0.05) is 18.2 Å². The lowest BCUT2D eigenvalue weighted by atomic mass is 10.2. The van der Waals surface area contributed by atoms with E-state index in [0.717, 1.165) is 5.56 Å². The fourth-order valence-corrected chi connectivity index (χ4v) is 1.59. The molecule has 0 saturated heterocycles. The number of nitrogens with zero attached hydrogens (tertiary/aromatic N) is 3. The summed E-state index contributed by atoms with van der Waals surface area (Å²) in [4.78, 5) is 19.7. The number of aliphatic imine (C=N–C) groups is 1. The highest BCUT2D eigenvalue weighted by molar-refractivity contribution is 6.12. The Morgan fingerprint density at radius 1 is 1.22 bits per heavy atom. The van der Waals surface area contributed by atoms with E-state index in [-0.39, 0.29) is 5.70 Å². The molecule has 0 unspecified atom stereocenters. The topological polar surface area (TPSA) is 56.5 Å². The predicted octanol–water partition coefficient (Wildman–Crippen LogP) is 1.69. The molecule has 1 aliphatic rings. The van der Waals surface area contributed by atoms with E-state index in [1.54, 1.807) is 29.5 Å². The number of esters is 1. The van der Waals surface area contributed by atoms with Gasteiger partial charge in [0.1, 0.15) is 0 Å². The van der Waals surface area contributed by atoms with E-state index < -0.39 is 5.97 Å². The van der Waals surface area contributed by atoms with Crippen LogP contribution in [0.5, 0.6) is 0 Å². The van der Waals surface area contributed by atoms with Crippen LogP contribution < -0.4 is 0 Å². The molecule has 0 N–H and O–H groups in total. The van der Waals surface area contributed by atoms with Crippen molar-refractivity contribution in [1.82, 2.24) is 9.55 Å². The highest BCUT2D eigenvalue weighted by Gasteiger charge is 2.23. The molecule has 5 heteroatoms. The van der Waals surface area contributed by atoms with E-state index in [4.69, 9.17) is 4.74 Å². The minimum Gasteiger partial charge on any atom is -0.402 e. The first-order valence-corrected chi connectivity index (χ1v) is 5.38. The number of aromatic nitrogens is 2. The van der Waals surface area contributed by atoms with Crippen LogP contribution in [0, 0.1) is 0 Å². The van der Waals surface area contributed by atoms with Crippen molar-refractivity contribution < 1.29 is 9.53 Å². The number of hydrogen-bond donors (Lipinski definition) is 0. The van der Waals surface area contributed by atoms with Crippen molar-refractivity contribution in [3.05, 3.63) is 60.3 Å². The largest absolute Gasteiger partial charge is 0.402 e. The fraction of sp³-hybridized carbons (Fsp3) is 0. The molecule has 0 radical (unpaired) electrons. The first-order chi connectivity index (χ1) is 8.83. The first kappa shape index (κ1) is 10.5. The third-order valence-corrected chi connectivity index (χ3v) is 2.44. The molecule has 0 fully saturated rings. The summed E-state index contributed by atoms with van der Waals surface area (Å²) in [5, 5.41) is 0. The number of carbonyl (C=O) groups excluding carboxylic acids is 1. The molecule has 3 rings (SSSR count). The van der Waals surface area contributed by atoms with Gasteiger partial charge in [-0.2, -0.15) is 0 Å². The number of benzene rings is 1. The maximum atomic E-state index is 11.6. The van der Waals surface area contributed by atoms with Gasteiger partial charge >= 0.3 is 5.97 Å². The number of imidazole rings is 1. The van der Waals surface area contributed by atoms with Gasteiger partial charge in [0.05, 0.1) is 6.33 Å². The second-order valence-electron chi connectivity index (χ2n) is 3.70. The van der Waals surface area contributed by atoms with Crippen molar-refractivity contribution in [2.24, 2.45) is 4.99 Å². The van der Waals surface area contributed by atoms with Crippen LogP contribution in [-0.4, -0.2) is 21.4 Å². The third kappa shape index (κ3) is 1.93. The standard InChI is InChI=1S/C13H9N3O2/c17-13-11(8-16-7-6-14-9-16)15-12(18-13)10-4-2-1-3-5-10/h1-9H/b11-8-. The van der Waals surface area contributed by atoms with Crippen LogP contribution in [0.15, 0.2) is 59.7 Å². The lowest BCUT2D eigenvalue weighted by Crippen LogP contribution is -2.05. The van der Waals surface area contributed by atoms with Gasteiger partial charge in [0.2, 0.25) is 5.90 Å². The predicted molar refractivity (Wildman–Crippen MR) is 65.6 cm³/mol. The summed E-state index contributed by atoms with van der Waals surface area (Å²) in [5.41, 5.74) is 1.03. The molecule has 0 amide bonds. The molecule has 18 heavy (non-hydrogen) atoms. The molecule has 0 aliphatic carbocycles. The van der Waals surface area contributed by atoms with E-state index in [9.17, 15) is 4.79 Å². The normalized spacial score (nSPS) is 16.8. The van der Waals surface area contributed by atoms with Crippen molar-refractivity contribution in [2.75, 3.05) is 0 Å². The number of hydrogen-bond acceptors (Lipinski definition) is 4. The molecule has 1 aliphatic heterocycles. The Bertz CT molecular complexity index is 628. The van der Waals surface area contributed by atoms with Crippen molar-refractivity contribution in [1.29, 1.82) is 0 Å². The van der Waals surface area contributed by atoms with Crippen LogP contribution in [0.2, 0.25) is 0 Å². The van der Waals surface area contributed by atoms with Gasteiger partial charge in [0.15, 0.2) is 5.70 Å². The number of ether oxygens (including phenoxy) is 1. The molecule has 0 atom stereocenters. The summed E-state index contributed by atoms with van der Waals surface area (Å²) < 4.78 is 6.76. The van der Waals surface area contributed by atoms with E-state index in [0.29, 0.717) is 5.90 Å². The number of cyclic esters (lactones) is 1. The summed E-state index contributed by atoms with van der Waals surface area (Å²) in [6, 6.07) is 9.30. The van der Waals surface area contributed by atoms with Crippen LogP contribution in [0.1, 0.15) is 5.56 Å². The Kier molecular flexibility index (Phi) is 2.49. The van der Waals surface area contributed by atoms with Gasteiger partial charge in [-0.15, -0.1) is 0 Å². The quantitative estimate of drug-likeness (QED) is 0.592. The van der Waals surface area contributed by atoms with E-state index in [1.165, 1.54) is 0 Å². The fourth-order valence-electron chi connectivity index (χ4n) is 1.59. The zero-order valence-corrected chi connectivity index (χ0v) is 9.35. The second kappa shape index (κ2) is 4.29. The van der Waals surface area contributed by atoms with Gasteiger partial charge in [-0.3, -0.25) is 0 Å². The molecule has 1 aromatic heterocycles. The Morgan fingerprint density at radius 2 is 2.06 bits per heavy atom. The van der Waals surface area contributed by atoms with Gasteiger partial charge in [-0.25, -0.2) is 14.8 Å². The zero-order chi connectivity index (χ0) is 12.4. The average Bonchev–Trinajstić information content (AvgIpc) is 3.02. The summed E-state index contributed by atoms with van der Waals surface area (Å²) in [6.45, 7) is 0. The molecular formula is C13H9N3O2. The van der Waals surface area contributed by atoms with E-state index >= 15 is 0 Å².